The Balaban J connectivity index is 1.14. The number of likely N-dealkylation sites (tertiary alicyclic amines) is 1. The van der Waals surface area contributed by atoms with Crippen LogP contribution in [0.3, 0.4) is 0 Å². The van der Waals surface area contributed by atoms with Gasteiger partial charge in [0.15, 0.2) is 5.96 Å². The lowest BCUT2D eigenvalue weighted by Crippen LogP contribution is -2.73. The van der Waals surface area contributed by atoms with Gasteiger partial charge >= 0.3 is 0 Å². The molecule has 1 N–H and O–H groups in total. The molecule has 3 unspecified atom stereocenters. The number of carbonyl (C=O) groups is 1. The first-order valence-electron chi connectivity index (χ1n) is 12.9. The predicted molar refractivity (Wildman–Crippen MR) is 122 cm³/mol. The lowest BCUT2D eigenvalue weighted by Gasteiger charge is -2.63. The lowest BCUT2D eigenvalue weighted by molar-refractivity contribution is -0.171. The van der Waals surface area contributed by atoms with Gasteiger partial charge < -0.3 is 19.9 Å². The molecule has 5 aliphatic rings. The molecule has 7 heteroatoms. The maximum Gasteiger partial charge on any atom is 0.236 e. The summed E-state index contributed by atoms with van der Waals surface area (Å²) in [7, 11) is 0. The SMILES string of the molecule is CCN=C(NC1C2CCOC2C12CCC2)N1CCN(CC(=O)N2CCCCCC2)CC1. The van der Waals surface area contributed by atoms with E-state index in [0.717, 1.165) is 71.2 Å². The maximum absolute atomic E-state index is 12.8. The van der Waals surface area contributed by atoms with Crippen LogP contribution in [0.25, 0.3) is 0 Å². The number of fused-ring (bicyclic) bond motifs is 2. The first kappa shape index (κ1) is 21.5. The number of rotatable bonds is 4. The number of ether oxygens (including phenoxy) is 1. The summed E-state index contributed by atoms with van der Waals surface area (Å²) in [5.41, 5.74) is 0.372. The van der Waals surface area contributed by atoms with Gasteiger partial charge in [-0.05, 0) is 39.0 Å². The molecule has 3 saturated heterocycles. The molecule has 1 spiro atoms. The third kappa shape index (κ3) is 4.08. The molecule has 3 heterocycles. The smallest absolute Gasteiger partial charge is 0.236 e. The summed E-state index contributed by atoms with van der Waals surface area (Å²) >= 11 is 0. The third-order valence-electron chi connectivity index (χ3n) is 8.62. The zero-order valence-electron chi connectivity index (χ0n) is 19.4. The van der Waals surface area contributed by atoms with Gasteiger partial charge in [0, 0.05) is 69.8 Å². The maximum atomic E-state index is 12.8. The van der Waals surface area contributed by atoms with E-state index in [2.05, 4.69) is 26.9 Å². The van der Waals surface area contributed by atoms with E-state index in [1.807, 2.05) is 0 Å². The zero-order chi connectivity index (χ0) is 21.3. The molecule has 2 saturated carbocycles. The van der Waals surface area contributed by atoms with Crippen molar-refractivity contribution in [3.05, 3.63) is 0 Å². The standard InChI is InChI=1S/C24H41N5O2/c1-2-25-23(26-21-19-8-17-31-22(19)24(21)9-7-10-24)29-15-13-27(14-16-29)18-20(30)28-11-5-3-4-6-12-28/h19,21-22H,2-18H2,1H3,(H,25,26). The second-order valence-corrected chi connectivity index (χ2v) is 10.3. The molecular weight excluding hydrogens is 390 g/mol. The van der Waals surface area contributed by atoms with Gasteiger partial charge in [0.05, 0.1) is 12.6 Å². The quantitative estimate of drug-likeness (QED) is 0.544. The highest BCUT2D eigenvalue weighted by Gasteiger charge is 2.66. The number of nitrogens with one attached hydrogen (secondary N) is 1. The van der Waals surface area contributed by atoms with Gasteiger partial charge in [0.2, 0.25) is 5.91 Å². The molecule has 5 rings (SSSR count). The van der Waals surface area contributed by atoms with Crippen molar-refractivity contribution in [2.24, 2.45) is 16.3 Å². The number of nitrogens with zero attached hydrogens (tertiary/aromatic N) is 4. The monoisotopic (exact) mass is 431 g/mol. The largest absolute Gasteiger partial charge is 0.377 e. The van der Waals surface area contributed by atoms with Crippen molar-refractivity contribution in [1.29, 1.82) is 0 Å². The number of amides is 1. The van der Waals surface area contributed by atoms with Gasteiger partial charge in [-0.1, -0.05) is 19.3 Å². The molecule has 0 bridgehead atoms. The molecule has 1 amide bonds. The molecule has 31 heavy (non-hydrogen) atoms. The van der Waals surface area contributed by atoms with E-state index in [1.54, 1.807) is 0 Å². The minimum absolute atomic E-state index is 0.324. The third-order valence-corrected chi connectivity index (χ3v) is 8.62. The number of guanidine groups is 1. The van der Waals surface area contributed by atoms with Crippen LogP contribution in [0.2, 0.25) is 0 Å². The summed E-state index contributed by atoms with van der Waals surface area (Å²) in [6.07, 6.45) is 10.5. The Kier molecular flexibility index (Phi) is 6.42. The molecule has 7 nitrogen and oxygen atoms in total. The van der Waals surface area contributed by atoms with Crippen molar-refractivity contribution in [2.75, 3.05) is 59.0 Å². The van der Waals surface area contributed by atoms with Crippen molar-refractivity contribution in [2.45, 2.75) is 70.4 Å². The minimum Gasteiger partial charge on any atom is -0.377 e. The van der Waals surface area contributed by atoms with Gasteiger partial charge in [-0.25, -0.2) is 0 Å². The van der Waals surface area contributed by atoms with Crippen LogP contribution >= 0.6 is 0 Å². The second kappa shape index (κ2) is 9.26. The second-order valence-electron chi connectivity index (χ2n) is 10.3. The van der Waals surface area contributed by atoms with Crippen LogP contribution in [0.15, 0.2) is 4.99 Å². The highest BCUT2D eigenvalue weighted by Crippen LogP contribution is 2.62. The topological polar surface area (TPSA) is 60.4 Å². The summed E-state index contributed by atoms with van der Waals surface area (Å²) in [5.74, 6) is 2.07. The first-order chi connectivity index (χ1) is 15.2. The molecule has 2 aliphatic carbocycles. The van der Waals surface area contributed by atoms with Crippen molar-refractivity contribution < 1.29 is 9.53 Å². The first-order valence-corrected chi connectivity index (χ1v) is 12.9. The fourth-order valence-corrected chi connectivity index (χ4v) is 6.71. The molecule has 0 aromatic carbocycles. The summed E-state index contributed by atoms with van der Waals surface area (Å²) in [6, 6.07) is 0.529. The summed E-state index contributed by atoms with van der Waals surface area (Å²) in [5, 5.41) is 3.90. The van der Waals surface area contributed by atoms with Crippen LogP contribution in [-0.2, 0) is 9.53 Å². The number of piperazine rings is 1. The molecule has 0 radical (unpaired) electrons. The average molecular weight is 432 g/mol. The Hall–Kier alpha value is -1.34. The molecule has 0 aromatic heterocycles. The fourth-order valence-electron chi connectivity index (χ4n) is 6.71. The highest BCUT2D eigenvalue weighted by atomic mass is 16.5. The summed E-state index contributed by atoms with van der Waals surface area (Å²) < 4.78 is 6.10. The van der Waals surface area contributed by atoms with Gasteiger partial charge in [0.25, 0.3) is 0 Å². The van der Waals surface area contributed by atoms with Crippen molar-refractivity contribution in [3.63, 3.8) is 0 Å². The van der Waals surface area contributed by atoms with E-state index < -0.39 is 0 Å². The Labute approximate surface area is 187 Å². The van der Waals surface area contributed by atoms with Gasteiger partial charge in [-0.3, -0.25) is 14.7 Å². The van der Waals surface area contributed by atoms with E-state index in [-0.39, 0.29) is 0 Å². The molecule has 3 atom stereocenters. The molecule has 5 fully saturated rings. The van der Waals surface area contributed by atoms with E-state index in [9.17, 15) is 4.79 Å². The highest BCUT2D eigenvalue weighted by molar-refractivity contribution is 5.81. The van der Waals surface area contributed by atoms with E-state index in [4.69, 9.17) is 9.73 Å². The number of hydrogen-bond acceptors (Lipinski definition) is 4. The van der Waals surface area contributed by atoms with Crippen LogP contribution < -0.4 is 5.32 Å². The number of hydrogen-bond donors (Lipinski definition) is 1. The van der Waals surface area contributed by atoms with Gasteiger partial charge in [0.1, 0.15) is 0 Å². The zero-order valence-corrected chi connectivity index (χ0v) is 19.4. The molecular formula is C24H41N5O2. The Morgan fingerprint density at radius 3 is 2.39 bits per heavy atom. The minimum atomic E-state index is 0.324. The van der Waals surface area contributed by atoms with E-state index >= 15 is 0 Å². The van der Waals surface area contributed by atoms with Crippen LogP contribution in [0.1, 0.15) is 58.3 Å². The Bertz CT molecular complexity index is 663. The number of carbonyl (C=O) groups excluding carboxylic acids is 1. The Morgan fingerprint density at radius 1 is 1.00 bits per heavy atom. The van der Waals surface area contributed by atoms with Crippen molar-refractivity contribution in [1.82, 2.24) is 20.0 Å². The van der Waals surface area contributed by atoms with Crippen LogP contribution in [0.5, 0.6) is 0 Å². The summed E-state index contributed by atoms with van der Waals surface area (Å²) in [4.78, 5) is 24.5. The normalized spacial score (nSPS) is 33.5. The van der Waals surface area contributed by atoms with Crippen LogP contribution in [0.4, 0.5) is 0 Å². The lowest BCUT2D eigenvalue weighted by atomic mass is 9.46. The van der Waals surface area contributed by atoms with E-state index in [1.165, 1.54) is 38.5 Å². The number of aliphatic imine (C=N–C) groups is 1. The van der Waals surface area contributed by atoms with Gasteiger partial charge in [-0.15, -0.1) is 0 Å². The summed E-state index contributed by atoms with van der Waals surface area (Å²) in [6.45, 7) is 10.1. The van der Waals surface area contributed by atoms with Crippen LogP contribution in [0, 0.1) is 11.3 Å². The van der Waals surface area contributed by atoms with Crippen LogP contribution in [-0.4, -0.2) is 97.7 Å². The Morgan fingerprint density at radius 2 is 1.74 bits per heavy atom. The predicted octanol–water partition coefficient (Wildman–Crippen LogP) is 1.93. The van der Waals surface area contributed by atoms with Gasteiger partial charge in [-0.2, -0.15) is 0 Å². The van der Waals surface area contributed by atoms with Crippen molar-refractivity contribution >= 4 is 11.9 Å². The molecule has 3 aliphatic heterocycles. The van der Waals surface area contributed by atoms with Crippen molar-refractivity contribution in [3.8, 4) is 0 Å². The molecule has 174 valence electrons. The molecule has 0 aromatic rings. The average Bonchev–Trinajstić information content (AvgIpc) is 2.97. The van der Waals surface area contributed by atoms with E-state index in [0.29, 0.717) is 35.9 Å². The fraction of sp³-hybridized carbons (Fsp3) is 0.917.